The lowest BCUT2D eigenvalue weighted by Gasteiger charge is -2.21. The van der Waals surface area contributed by atoms with Crippen LogP contribution in [0.15, 0.2) is 24.3 Å². The van der Waals surface area contributed by atoms with Gasteiger partial charge in [0, 0.05) is 0 Å². The second-order valence-corrected chi connectivity index (χ2v) is 5.07. The van der Waals surface area contributed by atoms with Gasteiger partial charge in [-0.15, -0.1) is 0 Å². The number of hydrogen-bond acceptors (Lipinski definition) is 1. The highest BCUT2D eigenvalue weighted by molar-refractivity contribution is 5.25. The van der Waals surface area contributed by atoms with E-state index in [1.165, 1.54) is 17.5 Å². The van der Waals surface area contributed by atoms with Crippen LogP contribution in [0.5, 0.6) is 0 Å². The first-order valence-electron chi connectivity index (χ1n) is 6.98. The fourth-order valence-corrected chi connectivity index (χ4v) is 2.07. The number of hydrogen-bond donors (Lipinski definition) is 1. The van der Waals surface area contributed by atoms with Gasteiger partial charge >= 0.3 is 0 Å². The van der Waals surface area contributed by atoms with Gasteiger partial charge in [-0.2, -0.15) is 0 Å². The van der Waals surface area contributed by atoms with Crippen molar-refractivity contribution >= 4 is 0 Å². The minimum atomic E-state index is 0.630. The zero-order chi connectivity index (χ0) is 12.7. The summed E-state index contributed by atoms with van der Waals surface area (Å²) in [6.07, 6.45) is 2.34. The molecule has 0 aliphatic heterocycles. The first kappa shape index (κ1) is 14.2. The summed E-state index contributed by atoms with van der Waals surface area (Å²) in [4.78, 5) is 0. The molecular formula is C16H27N. The van der Waals surface area contributed by atoms with E-state index in [1.54, 1.807) is 0 Å². The molecule has 1 N–H and O–H groups in total. The first-order chi connectivity index (χ1) is 8.19. The van der Waals surface area contributed by atoms with E-state index >= 15 is 0 Å². The Balaban J connectivity index is 2.52. The summed E-state index contributed by atoms with van der Waals surface area (Å²) in [6.45, 7) is 11.3. The summed E-state index contributed by atoms with van der Waals surface area (Å²) in [5.41, 5.74) is 2.89. The van der Waals surface area contributed by atoms with E-state index in [2.05, 4.69) is 57.3 Å². The van der Waals surface area contributed by atoms with Gasteiger partial charge in [0.2, 0.25) is 0 Å². The summed E-state index contributed by atoms with van der Waals surface area (Å²) < 4.78 is 0. The molecule has 0 bridgehead atoms. The molecule has 1 aromatic carbocycles. The van der Waals surface area contributed by atoms with Gasteiger partial charge in [0.25, 0.3) is 0 Å². The lowest BCUT2D eigenvalue weighted by Crippen LogP contribution is -2.25. The molecule has 1 aromatic rings. The third kappa shape index (κ3) is 4.51. The molecule has 0 aliphatic carbocycles. The van der Waals surface area contributed by atoms with Gasteiger partial charge in [0.05, 0.1) is 0 Å². The molecular weight excluding hydrogens is 206 g/mol. The summed E-state index contributed by atoms with van der Waals surface area (Å²) in [7, 11) is 0. The van der Waals surface area contributed by atoms with Crippen LogP contribution in [0.4, 0.5) is 0 Å². The number of benzene rings is 1. The van der Waals surface area contributed by atoms with Crippen LogP contribution >= 0.6 is 0 Å². The Hall–Kier alpha value is -0.820. The minimum Gasteiger partial charge on any atom is -0.316 e. The molecule has 96 valence electrons. The zero-order valence-corrected chi connectivity index (χ0v) is 11.8. The van der Waals surface area contributed by atoms with E-state index in [0.29, 0.717) is 11.8 Å². The van der Waals surface area contributed by atoms with Crippen molar-refractivity contribution in [1.29, 1.82) is 0 Å². The standard InChI is InChI=1S/C16H27N/c1-5-11-17-12-13(3)14(4)16-9-7-15(6-2)8-10-16/h7-10,13-14,17H,5-6,11-12H2,1-4H3. The van der Waals surface area contributed by atoms with Crippen LogP contribution in [0.25, 0.3) is 0 Å². The molecule has 2 unspecified atom stereocenters. The highest BCUT2D eigenvalue weighted by Gasteiger charge is 2.13. The van der Waals surface area contributed by atoms with E-state index in [1.807, 2.05) is 0 Å². The fraction of sp³-hybridized carbons (Fsp3) is 0.625. The quantitative estimate of drug-likeness (QED) is 0.702. The van der Waals surface area contributed by atoms with Crippen molar-refractivity contribution < 1.29 is 0 Å². The molecule has 0 heterocycles. The highest BCUT2D eigenvalue weighted by atomic mass is 14.8. The fourth-order valence-electron chi connectivity index (χ4n) is 2.07. The molecule has 2 atom stereocenters. The van der Waals surface area contributed by atoms with Gasteiger partial charge in [0.1, 0.15) is 0 Å². The maximum absolute atomic E-state index is 3.51. The van der Waals surface area contributed by atoms with Crippen molar-refractivity contribution in [3.8, 4) is 0 Å². The molecule has 0 aliphatic rings. The smallest absolute Gasteiger partial charge is 0.00174 e. The van der Waals surface area contributed by atoms with Crippen LogP contribution in [-0.2, 0) is 6.42 Å². The Morgan fingerprint density at radius 3 is 2.24 bits per heavy atom. The zero-order valence-electron chi connectivity index (χ0n) is 11.8. The topological polar surface area (TPSA) is 12.0 Å². The predicted octanol–water partition coefficient (Wildman–Crippen LogP) is 3.99. The molecule has 0 fully saturated rings. The Morgan fingerprint density at radius 2 is 1.71 bits per heavy atom. The number of aryl methyl sites for hydroxylation is 1. The monoisotopic (exact) mass is 233 g/mol. The van der Waals surface area contributed by atoms with Crippen molar-refractivity contribution in [2.75, 3.05) is 13.1 Å². The van der Waals surface area contributed by atoms with Gasteiger partial charge in [-0.05, 0) is 48.9 Å². The van der Waals surface area contributed by atoms with Crippen molar-refractivity contribution in [2.45, 2.75) is 46.5 Å². The van der Waals surface area contributed by atoms with Gasteiger partial charge in [0.15, 0.2) is 0 Å². The average Bonchev–Trinajstić information content (AvgIpc) is 2.38. The van der Waals surface area contributed by atoms with Crippen LogP contribution < -0.4 is 5.32 Å². The van der Waals surface area contributed by atoms with E-state index in [4.69, 9.17) is 0 Å². The molecule has 0 saturated heterocycles. The lowest BCUT2D eigenvalue weighted by atomic mass is 9.88. The maximum Gasteiger partial charge on any atom is -0.00174 e. The largest absolute Gasteiger partial charge is 0.316 e. The van der Waals surface area contributed by atoms with Crippen LogP contribution in [0.3, 0.4) is 0 Å². The van der Waals surface area contributed by atoms with E-state index < -0.39 is 0 Å². The van der Waals surface area contributed by atoms with Crippen LogP contribution in [0.2, 0.25) is 0 Å². The Bertz CT molecular complexity index is 302. The molecule has 0 aromatic heterocycles. The van der Waals surface area contributed by atoms with Crippen molar-refractivity contribution in [3.05, 3.63) is 35.4 Å². The highest BCUT2D eigenvalue weighted by Crippen LogP contribution is 2.23. The lowest BCUT2D eigenvalue weighted by molar-refractivity contribution is 0.448. The molecule has 0 amide bonds. The third-order valence-electron chi connectivity index (χ3n) is 3.66. The molecule has 1 nitrogen and oxygen atoms in total. The van der Waals surface area contributed by atoms with Crippen molar-refractivity contribution in [2.24, 2.45) is 5.92 Å². The molecule has 17 heavy (non-hydrogen) atoms. The summed E-state index contributed by atoms with van der Waals surface area (Å²) in [5, 5.41) is 3.51. The normalized spacial score (nSPS) is 14.6. The van der Waals surface area contributed by atoms with Gasteiger partial charge < -0.3 is 5.32 Å². The second-order valence-electron chi connectivity index (χ2n) is 5.07. The Morgan fingerprint density at radius 1 is 1.06 bits per heavy atom. The Labute approximate surface area is 107 Å². The van der Waals surface area contributed by atoms with Crippen molar-refractivity contribution in [3.63, 3.8) is 0 Å². The van der Waals surface area contributed by atoms with E-state index in [9.17, 15) is 0 Å². The average molecular weight is 233 g/mol. The molecule has 1 rings (SSSR count). The van der Waals surface area contributed by atoms with Crippen LogP contribution in [-0.4, -0.2) is 13.1 Å². The number of rotatable bonds is 7. The molecule has 0 spiro atoms. The van der Waals surface area contributed by atoms with Crippen LogP contribution in [0, 0.1) is 5.92 Å². The van der Waals surface area contributed by atoms with Gasteiger partial charge in [-0.1, -0.05) is 52.0 Å². The molecule has 0 radical (unpaired) electrons. The third-order valence-corrected chi connectivity index (χ3v) is 3.66. The summed E-state index contributed by atoms with van der Waals surface area (Å²) in [5.74, 6) is 1.32. The maximum atomic E-state index is 3.51. The van der Waals surface area contributed by atoms with Gasteiger partial charge in [-0.3, -0.25) is 0 Å². The molecule has 1 heteroatoms. The SMILES string of the molecule is CCCNCC(C)C(C)c1ccc(CC)cc1. The van der Waals surface area contributed by atoms with E-state index in [0.717, 1.165) is 19.5 Å². The van der Waals surface area contributed by atoms with E-state index in [-0.39, 0.29) is 0 Å². The summed E-state index contributed by atoms with van der Waals surface area (Å²) in [6, 6.07) is 9.11. The minimum absolute atomic E-state index is 0.630. The Kier molecular flexibility index (Phi) is 6.28. The molecule has 0 saturated carbocycles. The van der Waals surface area contributed by atoms with Crippen LogP contribution in [0.1, 0.15) is 51.2 Å². The number of nitrogens with one attached hydrogen (secondary N) is 1. The van der Waals surface area contributed by atoms with Gasteiger partial charge in [-0.25, -0.2) is 0 Å². The summed E-state index contributed by atoms with van der Waals surface area (Å²) >= 11 is 0. The first-order valence-corrected chi connectivity index (χ1v) is 6.98. The second kappa shape index (κ2) is 7.50. The predicted molar refractivity (Wildman–Crippen MR) is 76.6 cm³/mol. The van der Waals surface area contributed by atoms with Crippen molar-refractivity contribution in [1.82, 2.24) is 5.32 Å².